The minimum absolute atomic E-state index is 0.0951. The lowest BCUT2D eigenvalue weighted by atomic mass is 10.2. The fourth-order valence-corrected chi connectivity index (χ4v) is 1.56. The largest absolute Gasteiger partial charge is 0.468 e. The fourth-order valence-electron chi connectivity index (χ4n) is 1.56. The molecule has 0 bridgehead atoms. The third kappa shape index (κ3) is 7.73. The summed E-state index contributed by atoms with van der Waals surface area (Å²) >= 11 is 0. The Morgan fingerprint density at radius 2 is 1.62 bits per heavy atom. The molecule has 0 aliphatic heterocycles. The van der Waals surface area contributed by atoms with Gasteiger partial charge in [-0.3, -0.25) is 4.79 Å². The highest BCUT2D eigenvalue weighted by atomic mass is 16.7. The molecule has 0 aliphatic rings. The van der Waals surface area contributed by atoms with Crippen LogP contribution in [-0.4, -0.2) is 39.2 Å². The van der Waals surface area contributed by atoms with Gasteiger partial charge in [-0.15, -0.1) is 0 Å². The number of aliphatic hydroxyl groups is 1. The number of benzene rings is 2. The molecule has 2 rings (SSSR count). The van der Waals surface area contributed by atoms with Crippen LogP contribution in [0.25, 0.3) is 0 Å². The summed E-state index contributed by atoms with van der Waals surface area (Å²) < 4.78 is 40.6. The van der Waals surface area contributed by atoms with E-state index in [0.29, 0.717) is 17.1 Å². The first-order valence-electron chi connectivity index (χ1n) is 8.45. The number of aldehydes is 1. The number of methoxy groups -OCH3 is 2. The van der Waals surface area contributed by atoms with E-state index in [1.807, 2.05) is 0 Å². The van der Waals surface area contributed by atoms with Crippen LogP contribution in [-0.2, 0) is 16.0 Å². The van der Waals surface area contributed by atoms with Gasteiger partial charge in [0.25, 0.3) is 0 Å². The van der Waals surface area contributed by atoms with E-state index >= 15 is 0 Å². The second-order valence-electron chi connectivity index (χ2n) is 4.37. The summed E-state index contributed by atoms with van der Waals surface area (Å²) in [5.74, 6) is 0.988. The minimum Gasteiger partial charge on any atom is -0.468 e. The van der Waals surface area contributed by atoms with Crippen LogP contribution in [0.3, 0.4) is 0 Å². The Morgan fingerprint density at radius 3 is 2.17 bits per heavy atom. The maximum absolute atomic E-state index is 10.7. The quantitative estimate of drug-likeness (QED) is 0.590. The molecule has 0 aromatic heterocycles. The molecule has 0 amide bonds. The molecule has 6 nitrogen and oxygen atoms in total. The Hall–Kier alpha value is -2.41. The first-order chi connectivity index (χ1) is 12.8. The Morgan fingerprint density at radius 1 is 1.04 bits per heavy atom. The van der Waals surface area contributed by atoms with Crippen molar-refractivity contribution in [2.45, 2.75) is 6.56 Å². The van der Waals surface area contributed by atoms with Crippen molar-refractivity contribution in [3.05, 3.63) is 59.7 Å². The zero-order valence-corrected chi connectivity index (χ0v) is 13.5. The van der Waals surface area contributed by atoms with Crippen molar-refractivity contribution in [3.63, 3.8) is 0 Å². The molecule has 2 aromatic carbocycles. The van der Waals surface area contributed by atoms with Crippen LogP contribution >= 0.6 is 0 Å². The summed E-state index contributed by atoms with van der Waals surface area (Å²) in [5.41, 5.74) is 0.472. The van der Waals surface area contributed by atoms with Gasteiger partial charge in [0, 0.05) is 19.8 Å². The molecule has 0 aliphatic carbocycles. The van der Waals surface area contributed by atoms with E-state index in [4.69, 9.17) is 28.2 Å². The molecule has 1 N–H and O–H groups in total. The Bertz CT molecular complexity index is 718. The van der Waals surface area contributed by atoms with Crippen LogP contribution in [0.4, 0.5) is 0 Å². The van der Waals surface area contributed by atoms with Crippen LogP contribution < -0.4 is 9.47 Å². The molecular weight excluding hydrogens is 312 g/mol. The number of carbonyl (C=O) groups excluding carboxylic acids is 1. The van der Waals surface area contributed by atoms with Crippen LogP contribution in [0.1, 0.15) is 20.0 Å². The lowest BCUT2D eigenvalue weighted by molar-refractivity contribution is 0.0508. The van der Waals surface area contributed by atoms with Crippen LogP contribution in [0.5, 0.6) is 11.5 Å². The first kappa shape index (κ1) is 15.1. The Kier molecular flexibility index (Phi) is 7.61. The highest BCUT2D eigenvalue weighted by Crippen LogP contribution is 2.13. The SMILES string of the molecule is [2H]C(=O)c1cccc(OCOC)c1.[2H]C([2H])(O)c1cccc(OCOC)c1. The highest BCUT2D eigenvalue weighted by Gasteiger charge is 1.95. The van der Waals surface area contributed by atoms with Crippen molar-refractivity contribution in [2.24, 2.45) is 0 Å². The molecule has 0 heterocycles. The number of rotatable bonds is 8. The van der Waals surface area contributed by atoms with Gasteiger partial charge in [0.2, 0.25) is 0 Å². The van der Waals surface area contributed by atoms with Crippen LogP contribution in [0.15, 0.2) is 48.5 Å². The summed E-state index contributed by atoms with van der Waals surface area (Å²) in [7, 11) is 3.01. The summed E-state index contributed by atoms with van der Waals surface area (Å²) in [6, 6.07) is 12.6. The maximum atomic E-state index is 10.7. The summed E-state index contributed by atoms with van der Waals surface area (Å²) in [5, 5.41) is 9.09. The van der Waals surface area contributed by atoms with Crippen molar-refractivity contribution < 1.29 is 33.0 Å². The Balaban J connectivity index is 0.000000271. The van der Waals surface area contributed by atoms with Gasteiger partial charge in [-0.25, -0.2) is 0 Å². The third-order valence-electron chi connectivity index (χ3n) is 2.60. The van der Waals surface area contributed by atoms with Gasteiger partial charge in [0.1, 0.15) is 19.1 Å². The average molecular weight is 337 g/mol. The molecule has 6 heteroatoms. The van der Waals surface area contributed by atoms with Crippen molar-refractivity contribution >= 4 is 6.26 Å². The highest BCUT2D eigenvalue weighted by molar-refractivity contribution is 5.75. The normalized spacial score (nSPS) is 12.0. The molecule has 24 heavy (non-hydrogen) atoms. The zero-order chi connectivity index (χ0) is 20.3. The molecule has 0 spiro atoms. The predicted octanol–water partition coefficient (Wildman–Crippen LogP) is 2.64. The van der Waals surface area contributed by atoms with E-state index in [1.54, 1.807) is 30.3 Å². The van der Waals surface area contributed by atoms with Crippen molar-refractivity contribution in [3.8, 4) is 11.5 Å². The molecule has 130 valence electrons. The third-order valence-corrected chi connectivity index (χ3v) is 2.60. The standard InChI is InChI=1S/C9H12O3.C9H10O3/c2*1-11-7-12-9-4-2-3-8(5-9)6-10/h2-5,10H,6-7H2,1H3;2-6H,7H2,1H3/i6D2;6D. The van der Waals surface area contributed by atoms with E-state index in [9.17, 15) is 4.79 Å². The van der Waals surface area contributed by atoms with E-state index in [2.05, 4.69) is 0 Å². The molecular formula is C18H22O6. The monoisotopic (exact) mass is 337 g/mol. The van der Waals surface area contributed by atoms with E-state index in [-0.39, 0.29) is 19.1 Å². The van der Waals surface area contributed by atoms with Crippen LogP contribution in [0.2, 0.25) is 0 Å². The topological polar surface area (TPSA) is 74.2 Å². The summed E-state index contributed by atoms with van der Waals surface area (Å²) in [4.78, 5) is 10.7. The second-order valence-corrected chi connectivity index (χ2v) is 4.37. The van der Waals surface area contributed by atoms with Gasteiger partial charge in [-0.05, 0) is 29.8 Å². The van der Waals surface area contributed by atoms with Gasteiger partial charge >= 0.3 is 0 Å². The first-order valence-corrected chi connectivity index (χ1v) is 6.95. The summed E-state index contributed by atoms with van der Waals surface area (Å²) in [6.45, 7) is -2.11. The summed E-state index contributed by atoms with van der Waals surface area (Å²) in [6.07, 6.45) is -0.720. The number of hydrogen-bond donors (Lipinski definition) is 1. The lowest BCUT2D eigenvalue weighted by Crippen LogP contribution is -1.98. The molecule has 2 aromatic rings. The van der Waals surface area contributed by atoms with Crippen LogP contribution in [0, 0.1) is 0 Å². The second kappa shape index (κ2) is 12.1. The van der Waals surface area contributed by atoms with E-state index < -0.39 is 12.8 Å². The smallest absolute Gasteiger partial charge is 0.188 e. The average Bonchev–Trinajstić information content (AvgIpc) is 2.65. The van der Waals surface area contributed by atoms with E-state index in [0.717, 1.165) is 0 Å². The lowest BCUT2D eigenvalue weighted by Gasteiger charge is -2.04. The van der Waals surface area contributed by atoms with Crippen molar-refractivity contribution in [2.75, 3.05) is 27.8 Å². The fraction of sp³-hybridized carbons (Fsp3) is 0.278. The number of carbonyl (C=O) groups is 1. The molecule has 0 saturated heterocycles. The minimum atomic E-state index is -2.34. The molecule has 0 saturated carbocycles. The van der Waals surface area contributed by atoms with Crippen molar-refractivity contribution in [1.29, 1.82) is 0 Å². The molecule has 0 radical (unpaired) electrons. The molecule has 0 unspecified atom stereocenters. The Labute approximate surface area is 145 Å². The molecule has 0 fully saturated rings. The maximum Gasteiger partial charge on any atom is 0.188 e. The number of ether oxygens (including phenoxy) is 4. The van der Waals surface area contributed by atoms with Gasteiger partial charge in [0.15, 0.2) is 13.6 Å². The van der Waals surface area contributed by atoms with E-state index in [1.165, 1.54) is 32.4 Å². The van der Waals surface area contributed by atoms with Gasteiger partial charge in [-0.1, -0.05) is 24.3 Å². The van der Waals surface area contributed by atoms with Crippen molar-refractivity contribution in [1.82, 2.24) is 0 Å². The predicted molar refractivity (Wildman–Crippen MR) is 89.2 cm³/mol. The zero-order valence-electron chi connectivity index (χ0n) is 16.5. The number of hydrogen-bond acceptors (Lipinski definition) is 6. The van der Waals surface area contributed by atoms with Gasteiger partial charge in [0.05, 0.1) is 9.30 Å². The van der Waals surface area contributed by atoms with Gasteiger partial charge in [-0.2, -0.15) is 0 Å². The van der Waals surface area contributed by atoms with Gasteiger partial charge < -0.3 is 24.1 Å². The molecule has 0 atom stereocenters.